The smallest absolute Gasteiger partial charge is 0.151 e. The first-order valence-electron chi connectivity index (χ1n) is 8.16. The van der Waals surface area contributed by atoms with Crippen LogP contribution in [0.3, 0.4) is 0 Å². The molecule has 3 unspecified atom stereocenters. The van der Waals surface area contributed by atoms with E-state index in [4.69, 9.17) is 4.74 Å². The van der Waals surface area contributed by atoms with Crippen molar-refractivity contribution in [2.24, 2.45) is 5.92 Å². The summed E-state index contributed by atoms with van der Waals surface area (Å²) in [5.74, 6) is 1.02. The van der Waals surface area contributed by atoms with E-state index in [1.54, 1.807) is 0 Å². The van der Waals surface area contributed by atoms with Gasteiger partial charge in [0, 0.05) is 19.2 Å². The Morgan fingerprint density at radius 3 is 2.67 bits per heavy atom. The van der Waals surface area contributed by atoms with Gasteiger partial charge < -0.3 is 15.2 Å². The lowest BCUT2D eigenvalue weighted by Crippen LogP contribution is -2.38. The summed E-state index contributed by atoms with van der Waals surface area (Å²) in [4.78, 5) is 0. The standard InChI is InChI=1S/C15H31NO4S/c1-3-5-6-13(4-2)10-20-11-15(17)9-16-14-7-8-21(18,19)12-14/h13-17H,3-12H2,1-2H3. The molecule has 0 aromatic rings. The molecule has 0 bridgehead atoms. The van der Waals surface area contributed by atoms with Gasteiger partial charge in [-0.3, -0.25) is 0 Å². The van der Waals surface area contributed by atoms with Crippen LogP contribution in [0.5, 0.6) is 0 Å². The van der Waals surface area contributed by atoms with Crippen molar-refractivity contribution in [3.8, 4) is 0 Å². The summed E-state index contributed by atoms with van der Waals surface area (Å²) < 4.78 is 28.2. The van der Waals surface area contributed by atoms with Crippen molar-refractivity contribution in [2.45, 2.75) is 58.1 Å². The minimum atomic E-state index is -2.86. The van der Waals surface area contributed by atoms with Crippen LogP contribution < -0.4 is 5.32 Å². The molecule has 0 aliphatic carbocycles. The predicted octanol–water partition coefficient (Wildman–Crippen LogP) is 1.36. The molecule has 0 aromatic carbocycles. The number of ether oxygens (including phenoxy) is 1. The summed E-state index contributed by atoms with van der Waals surface area (Å²) in [5.41, 5.74) is 0. The Labute approximate surface area is 129 Å². The molecule has 21 heavy (non-hydrogen) atoms. The van der Waals surface area contributed by atoms with Crippen LogP contribution in [-0.2, 0) is 14.6 Å². The van der Waals surface area contributed by atoms with E-state index in [0.29, 0.717) is 32.1 Å². The zero-order valence-electron chi connectivity index (χ0n) is 13.4. The van der Waals surface area contributed by atoms with Crippen LogP contribution in [-0.4, -0.2) is 56.9 Å². The molecule has 1 fully saturated rings. The van der Waals surface area contributed by atoms with Crippen molar-refractivity contribution in [1.29, 1.82) is 0 Å². The second-order valence-corrected chi connectivity index (χ2v) is 8.34. The van der Waals surface area contributed by atoms with Gasteiger partial charge in [0.15, 0.2) is 9.84 Å². The van der Waals surface area contributed by atoms with Gasteiger partial charge in [-0.1, -0.05) is 33.1 Å². The van der Waals surface area contributed by atoms with E-state index < -0.39 is 15.9 Å². The zero-order valence-corrected chi connectivity index (χ0v) is 14.2. The highest BCUT2D eigenvalue weighted by Gasteiger charge is 2.27. The second-order valence-electron chi connectivity index (χ2n) is 6.12. The maximum absolute atomic E-state index is 11.3. The van der Waals surface area contributed by atoms with Crippen molar-refractivity contribution in [1.82, 2.24) is 5.32 Å². The number of aliphatic hydroxyl groups is 1. The van der Waals surface area contributed by atoms with Crippen molar-refractivity contribution in [3.05, 3.63) is 0 Å². The summed E-state index contributed by atoms with van der Waals surface area (Å²) in [5, 5.41) is 13.0. The lowest BCUT2D eigenvalue weighted by Gasteiger charge is -2.18. The molecule has 2 N–H and O–H groups in total. The Morgan fingerprint density at radius 2 is 2.10 bits per heavy atom. The minimum absolute atomic E-state index is 0.0161. The number of unbranched alkanes of at least 4 members (excludes halogenated alkanes) is 1. The molecular formula is C15H31NO4S. The third-order valence-electron chi connectivity index (χ3n) is 4.08. The first-order valence-corrected chi connectivity index (χ1v) is 9.98. The van der Waals surface area contributed by atoms with Crippen LogP contribution in [0.25, 0.3) is 0 Å². The van der Waals surface area contributed by atoms with E-state index >= 15 is 0 Å². The van der Waals surface area contributed by atoms with E-state index in [1.165, 1.54) is 19.3 Å². The van der Waals surface area contributed by atoms with Crippen molar-refractivity contribution < 1.29 is 18.3 Å². The quantitative estimate of drug-likeness (QED) is 0.601. The first kappa shape index (κ1) is 18.9. The lowest BCUT2D eigenvalue weighted by atomic mass is 10.0. The van der Waals surface area contributed by atoms with Crippen molar-refractivity contribution in [3.63, 3.8) is 0 Å². The molecular weight excluding hydrogens is 290 g/mol. The fourth-order valence-corrected chi connectivity index (χ4v) is 4.29. The highest BCUT2D eigenvalue weighted by atomic mass is 32.2. The topological polar surface area (TPSA) is 75.6 Å². The Hall–Kier alpha value is -0.170. The Balaban J connectivity index is 2.09. The number of rotatable bonds is 11. The molecule has 5 nitrogen and oxygen atoms in total. The van der Waals surface area contributed by atoms with Gasteiger partial charge in [-0.15, -0.1) is 0 Å². The summed E-state index contributed by atoms with van der Waals surface area (Å²) in [6.07, 6.45) is 4.78. The van der Waals surface area contributed by atoms with Crippen LogP contribution in [0.4, 0.5) is 0 Å². The van der Waals surface area contributed by atoms with Gasteiger partial charge >= 0.3 is 0 Å². The van der Waals surface area contributed by atoms with Gasteiger partial charge in [0.05, 0.1) is 24.2 Å². The van der Waals surface area contributed by atoms with E-state index in [2.05, 4.69) is 19.2 Å². The molecule has 0 amide bonds. The number of nitrogens with one attached hydrogen (secondary N) is 1. The zero-order chi connectivity index (χ0) is 15.7. The third kappa shape index (κ3) is 8.14. The fourth-order valence-electron chi connectivity index (χ4n) is 2.59. The van der Waals surface area contributed by atoms with E-state index in [-0.39, 0.29) is 17.5 Å². The summed E-state index contributed by atoms with van der Waals surface area (Å²) in [6, 6.07) is -0.0161. The van der Waals surface area contributed by atoms with Gasteiger partial charge in [-0.25, -0.2) is 8.42 Å². The van der Waals surface area contributed by atoms with Gasteiger partial charge in [0.2, 0.25) is 0 Å². The van der Waals surface area contributed by atoms with Crippen molar-refractivity contribution in [2.75, 3.05) is 31.3 Å². The Bertz CT molecular complexity index is 372. The summed E-state index contributed by atoms with van der Waals surface area (Å²) >= 11 is 0. The van der Waals surface area contributed by atoms with Gasteiger partial charge in [-0.05, 0) is 18.8 Å². The molecule has 1 aliphatic rings. The highest BCUT2D eigenvalue weighted by Crippen LogP contribution is 2.13. The maximum Gasteiger partial charge on any atom is 0.151 e. The average molecular weight is 321 g/mol. The predicted molar refractivity (Wildman–Crippen MR) is 85.2 cm³/mol. The third-order valence-corrected chi connectivity index (χ3v) is 5.85. The van der Waals surface area contributed by atoms with E-state index in [9.17, 15) is 13.5 Å². The molecule has 126 valence electrons. The molecule has 1 aliphatic heterocycles. The maximum atomic E-state index is 11.3. The highest BCUT2D eigenvalue weighted by molar-refractivity contribution is 7.91. The Kier molecular flexibility index (Phi) is 8.78. The van der Waals surface area contributed by atoms with E-state index in [0.717, 1.165) is 6.42 Å². The second kappa shape index (κ2) is 9.77. The van der Waals surface area contributed by atoms with Gasteiger partial charge in [0.25, 0.3) is 0 Å². The minimum Gasteiger partial charge on any atom is -0.389 e. The molecule has 0 saturated carbocycles. The molecule has 1 rings (SSSR count). The molecule has 1 heterocycles. The number of hydrogen-bond acceptors (Lipinski definition) is 5. The largest absolute Gasteiger partial charge is 0.389 e. The summed E-state index contributed by atoms with van der Waals surface area (Å²) in [6.45, 7) is 5.76. The molecule has 0 radical (unpaired) electrons. The van der Waals surface area contributed by atoms with Crippen molar-refractivity contribution >= 4 is 9.84 Å². The monoisotopic (exact) mass is 321 g/mol. The molecule has 0 spiro atoms. The fraction of sp³-hybridized carbons (Fsp3) is 1.00. The normalized spacial score (nSPS) is 24.0. The van der Waals surface area contributed by atoms with Crippen LogP contribution in [0.15, 0.2) is 0 Å². The van der Waals surface area contributed by atoms with Gasteiger partial charge in [-0.2, -0.15) is 0 Å². The van der Waals surface area contributed by atoms with E-state index in [1.807, 2.05) is 0 Å². The molecule has 1 saturated heterocycles. The molecule has 6 heteroatoms. The lowest BCUT2D eigenvalue weighted by molar-refractivity contribution is 0.0186. The molecule has 0 aromatic heterocycles. The van der Waals surface area contributed by atoms with Crippen LogP contribution in [0.2, 0.25) is 0 Å². The summed E-state index contributed by atoms with van der Waals surface area (Å²) in [7, 11) is -2.86. The van der Waals surface area contributed by atoms with Gasteiger partial charge in [0.1, 0.15) is 0 Å². The van der Waals surface area contributed by atoms with Crippen LogP contribution in [0.1, 0.15) is 46.0 Å². The molecule has 3 atom stereocenters. The SMILES string of the molecule is CCCCC(CC)COCC(O)CNC1CCS(=O)(=O)C1. The first-order chi connectivity index (χ1) is 9.96. The Morgan fingerprint density at radius 1 is 1.33 bits per heavy atom. The number of hydrogen-bond donors (Lipinski definition) is 2. The number of sulfone groups is 1. The van der Waals surface area contributed by atoms with Crippen LogP contribution in [0, 0.1) is 5.92 Å². The number of aliphatic hydroxyl groups excluding tert-OH is 1. The average Bonchev–Trinajstić information content (AvgIpc) is 2.80. The van der Waals surface area contributed by atoms with Crippen LogP contribution >= 0.6 is 0 Å².